The van der Waals surface area contributed by atoms with Gasteiger partial charge in [-0.1, -0.05) is 299 Å². The van der Waals surface area contributed by atoms with Gasteiger partial charge in [0, 0.05) is 12.8 Å². The van der Waals surface area contributed by atoms with Crippen molar-refractivity contribution in [1.29, 1.82) is 0 Å². The van der Waals surface area contributed by atoms with Crippen LogP contribution in [0.4, 0.5) is 0 Å². The van der Waals surface area contributed by atoms with Crippen molar-refractivity contribution in [3.05, 3.63) is 182 Å². The highest BCUT2D eigenvalue weighted by Crippen LogP contribution is 2.38. The van der Waals surface area contributed by atoms with Crippen LogP contribution in [-0.2, 0) is 32.7 Å². The van der Waals surface area contributed by atoms with Gasteiger partial charge in [-0.2, -0.15) is 0 Å². The molecule has 90 heavy (non-hydrogen) atoms. The first-order valence-corrected chi connectivity index (χ1v) is 37.0. The summed E-state index contributed by atoms with van der Waals surface area (Å²) in [6.45, 7) is 3.94. The van der Waals surface area contributed by atoms with E-state index in [2.05, 4.69) is 190 Å². The van der Waals surface area contributed by atoms with E-state index in [-0.39, 0.29) is 26.1 Å². The van der Waals surface area contributed by atoms with Crippen LogP contribution in [0.15, 0.2) is 182 Å². The predicted octanol–water partition coefficient (Wildman–Crippen LogP) is 22.9. The van der Waals surface area contributed by atoms with Crippen molar-refractivity contribution in [2.24, 2.45) is 0 Å². The third kappa shape index (κ3) is 72.2. The third-order valence-corrected chi connectivity index (χ3v) is 15.4. The first-order chi connectivity index (χ1) is 44.0. The molecule has 508 valence electrons. The van der Waals surface area contributed by atoms with E-state index < -0.39 is 32.5 Å². The number of quaternary nitrogens is 1. The topological polar surface area (TPSA) is 111 Å². The van der Waals surface area contributed by atoms with Crippen LogP contribution in [0.3, 0.4) is 0 Å². The Balaban J connectivity index is 4.14. The molecule has 0 N–H and O–H groups in total. The summed E-state index contributed by atoms with van der Waals surface area (Å²) in [5.74, 6) is -0.910. The Bertz CT molecular complexity index is 2170. The summed E-state index contributed by atoms with van der Waals surface area (Å²) >= 11 is 0. The molecule has 9 nitrogen and oxygen atoms in total. The Morgan fingerprint density at radius 1 is 0.344 bits per heavy atom. The zero-order valence-corrected chi connectivity index (χ0v) is 58.7. The number of unbranched alkanes of at least 4 members (excludes halogenated alkanes) is 19. The smallest absolute Gasteiger partial charge is 0.306 e. The molecule has 2 unspecified atom stereocenters. The van der Waals surface area contributed by atoms with E-state index in [1.165, 1.54) is 96.3 Å². The highest BCUT2D eigenvalue weighted by molar-refractivity contribution is 7.45. The molecule has 0 aliphatic carbocycles. The summed E-state index contributed by atoms with van der Waals surface area (Å²) in [6, 6.07) is 0. The van der Waals surface area contributed by atoms with Crippen molar-refractivity contribution < 1.29 is 42.1 Å². The van der Waals surface area contributed by atoms with Gasteiger partial charge in [0.15, 0.2) is 6.10 Å². The molecule has 0 heterocycles. The molecule has 0 aromatic heterocycles. The Kier molecular flexibility index (Phi) is 64.8. The Hall–Kier alpha value is -4.89. The molecule has 0 aromatic rings. The lowest BCUT2D eigenvalue weighted by Gasteiger charge is -2.28. The number of rotatable bonds is 63. The molecule has 0 aliphatic heterocycles. The summed E-state index contributed by atoms with van der Waals surface area (Å²) in [7, 11) is 1.11. The van der Waals surface area contributed by atoms with Crippen LogP contribution in [0.1, 0.15) is 258 Å². The fourth-order valence-corrected chi connectivity index (χ4v) is 9.80. The number of hydrogen-bond donors (Lipinski definition) is 0. The molecule has 0 rings (SSSR count). The van der Waals surface area contributed by atoms with E-state index in [1.807, 2.05) is 27.2 Å². The molecule has 10 heteroatoms. The maximum absolute atomic E-state index is 12.8. The second-order valence-electron chi connectivity index (χ2n) is 24.1. The van der Waals surface area contributed by atoms with E-state index in [4.69, 9.17) is 18.5 Å². The summed E-state index contributed by atoms with van der Waals surface area (Å²) in [6.07, 6.45) is 106. The molecule has 2 atom stereocenters. The van der Waals surface area contributed by atoms with Gasteiger partial charge in [-0.25, -0.2) is 0 Å². The molecule has 0 saturated heterocycles. The molecule has 0 aromatic carbocycles. The second kappa shape index (κ2) is 68.5. The molecule has 0 amide bonds. The number of hydrogen-bond acceptors (Lipinski definition) is 8. The molecule has 0 radical (unpaired) electrons. The normalized spacial score (nSPS) is 14.2. The lowest BCUT2D eigenvalue weighted by Crippen LogP contribution is -2.37. The van der Waals surface area contributed by atoms with Gasteiger partial charge in [-0.3, -0.25) is 14.2 Å². The summed E-state index contributed by atoms with van der Waals surface area (Å²) in [5, 5.41) is 0. The predicted molar refractivity (Wildman–Crippen MR) is 387 cm³/mol. The maximum atomic E-state index is 12.8. The Morgan fingerprint density at radius 3 is 0.922 bits per heavy atom. The van der Waals surface area contributed by atoms with Crippen molar-refractivity contribution in [2.45, 2.75) is 264 Å². The van der Waals surface area contributed by atoms with Crippen molar-refractivity contribution in [2.75, 3.05) is 47.5 Å². The van der Waals surface area contributed by atoms with E-state index in [1.54, 1.807) is 0 Å². The molecule has 0 spiro atoms. The zero-order chi connectivity index (χ0) is 65.5. The minimum absolute atomic E-state index is 0.0504. The van der Waals surface area contributed by atoms with Crippen molar-refractivity contribution in [3.8, 4) is 0 Å². The Morgan fingerprint density at radius 2 is 0.611 bits per heavy atom. The average Bonchev–Trinajstić information content (AvgIpc) is 3.58. The summed E-state index contributed by atoms with van der Waals surface area (Å²) < 4.78 is 34.2. The fraction of sp³-hybridized carbons (Fsp3) is 0.600. The van der Waals surface area contributed by atoms with Crippen LogP contribution in [0.25, 0.3) is 0 Å². The van der Waals surface area contributed by atoms with Gasteiger partial charge in [-0.05, 0) is 128 Å². The Labute approximate surface area is 552 Å². The number of nitrogens with zero attached hydrogens (tertiary/aromatic N) is 1. The third-order valence-electron chi connectivity index (χ3n) is 14.4. The van der Waals surface area contributed by atoms with Crippen molar-refractivity contribution in [3.63, 3.8) is 0 Å². The fourth-order valence-electron chi connectivity index (χ4n) is 9.07. The quantitative estimate of drug-likeness (QED) is 0.0195. The second-order valence-corrected chi connectivity index (χ2v) is 25.5. The lowest BCUT2D eigenvalue weighted by molar-refractivity contribution is -0.870. The molecular formula is C80H130NO8P. The standard InChI is InChI=1S/C80H130NO8P/c1-6-8-10-12-14-16-18-20-22-24-26-28-30-32-34-36-37-38-39-40-41-42-43-45-46-48-50-52-54-56-58-60-62-64-66-68-70-72-79(82)86-76-78(77-88-90(84,85)87-75-74-81(3,4)5)89-80(83)73-71-69-67-65-63-61-59-57-55-53-51-49-47-44-35-33-31-29-27-25-23-21-19-17-15-13-11-9-7-2/h8-11,14-17,20-23,26-29,32-35,37-38,47,49,53,55,59,61,65,67,78H,6-7,12-13,18-19,24-25,30-31,36,39-46,48,50-52,54,56-58,60,62-64,66,68-77H2,1-5H3/b10-8-,11-9-,16-14-,17-15-,22-20-,23-21-,28-26-,29-27-,34-32-,35-33-,38-37-,49-47-,55-53-,61-59-,67-65-. The first-order valence-electron chi connectivity index (χ1n) is 35.5. The van der Waals surface area contributed by atoms with E-state index in [0.29, 0.717) is 30.3 Å². The monoisotopic (exact) mass is 1260 g/mol. The van der Waals surface area contributed by atoms with E-state index >= 15 is 0 Å². The van der Waals surface area contributed by atoms with Gasteiger partial charge in [-0.15, -0.1) is 0 Å². The van der Waals surface area contributed by atoms with Crippen LogP contribution in [0, 0.1) is 0 Å². The highest BCUT2D eigenvalue weighted by Gasteiger charge is 2.22. The van der Waals surface area contributed by atoms with Gasteiger partial charge in [0.1, 0.15) is 19.8 Å². The number of phosphoric acid groups is 1. The number of allylic oxidation sites excluding steroid dienone is 30. The molecule has 0 aliphatic rings. The highest BCUT2D eigenvalue weighted by atomic mass is 31.2. The number of phosphoric ester groups is 1. The summed E-state index contributed by atoms with van der Waals surface area (Å²) in [4.78, 5) is 38.0. The van der Waals surface area contributed by atoms with Crippen LogP contribution in [0.2, 0.25) is 0 Å². The average molecular weight is 1260 g/mol. The number of carbonyl (C=O) groups excluding carboxylic acids is 2. The van der Waals surface area contributed by atoms with E-state index in [9.17, 15) is 19.0 Å². The zero-order valence-electron chi connectivity index (χ0n) is 57.8. The van der Waals surface area contributed by atoms with Crippen LogP contribution < -0.4 is 4.89 Å². The van der Waals surface area contributed by atoms with Gasteiger partial charge >= 0.3 is 11.9 Å². The molecule has 0 fully saturated rings. The van der Waals surface area contributed by atoms with Gasteiger partial charge < -0.3 is 27.9 Å². The van der Waals surface area contributed by atoms with Crippen molar-refractivity contribution in [1.82, 2.24) is 0 Å². The SMILES string of the molecule is CC/C=C\C/C=C\C/C=C\C/C=C\C/C=C\C/C=C\C/C=C\C/C=C\C/C=C\CCCC(=O)OC(COC(=O)CCCCCCCCCCCCCCCCCCCC/C=C\C/C=C\C/C=C\C/C=C\C/C=C\C/C=C\CC)COP(=O)([O-])OCC[N+](C)(C)C. The van der Waals surface area contributed by atoms with E-state index in [0.717, 1.165) is 116 Å². The van der Waals surface area contributed by atoms with Gasteiger partial charge in [0.05, 0.1) is 27.7 Å². The summed E-state index contributed by atoms with van der Waals surface area (Å²) in [5.41, 5.74) is 0. The minimum atomic E-state index is -4.67. The number of ether oxygens (including phenoxy) is 2. The van der Waals surface area contributed by atoms with Gasteiger partial charge in [0.2, 0.25) is 0 Å². The largest absolute Gasteiger partial charge is 0.756 e. The lowest BCUT2D eigenvalue weighted by atomic mass is 10.0. The first kappa shape index (κ1) is 85.1. The van der Waals surface area contributed by atoms with Crippen LogP contribution in [-0.4, -0.2) is 70.0 Å². The van der Waals surface area contributed by atoms with Crippen molar-refractivity contribution >= 4 is 19.8 Å². The number of likely N-dealkylation sites (N-methyl/N-ethyl adjacent to an activating group) is 1. The molecular weight excluding hydrogens is 1130 g/mol. The minimum Gasteiger partial charge on any atom is -0.756 e. The number of esters is 2. The molecule has 0 bridgehead atoms. The molecule has 0 saturated carbocycles. The van der Waals surface area contributed by atoms with Gasteiger partial charge in [0.25, 0.3) is 7.82 Å². The maximum Gasteiger partial charge on any atom is 0.306 e. The number of carbonyl (C=O) groups is 2. The van der Waals surface area contributed by atoms with Crippen LogP contribution in [0.5, 0.6) is 0 Å². The van der Waals surface area contributed by atoms with Crippen LogP contribution >= 0.6 is 7.82 Å².